The van der Waals surface area contributed by atoms with E-state index in [-0.39, 0.29) is 17.0 Å². The predicted molar refractivity (Wildman–Crippen MR) is 91.5 cm³/mol. The molecule has 0 bridgehead atoms. The lowest BCUT2D eigenvalue weighted by Gasteiger charge is -2.03. The third-order valence-corrected chi connectivity index (χ3v) is 3.74. The molecule has 6 nitrogen and oxygen atoms in total. The summed E-state index contributed by atoms with van der Waals surface area (Å²) in [6, 6.07) is 10.4. The van der Waals surface area contributed by atoms with Gasteiger partial charge in [-0.05, 0) is 48.5 Å². The number of aryl methyl sites for hydroxylation is 1. The highest BCUT2D eigenvalue weighted by Crippen LogP contribution is 2.24. The third-order valence-electron chi connectivity index (χ3n) is 3.74. The number of amides is 2. The molecule has 0 fully saturated rings. The van der Waals surface area contributed by atoms with E-state index in [1.807, 2.05) is 0 Å². The number of primary amides is 1. The molecule has 0 aliphatic heterocycles. The number of aromatic nitrogens is 2. The van der Waals surface area contributed by atoms with Gasteiger partial charge in [0.15, 0.2) is 5.69 Å². The zero-order valence-corrected chi connectivity index (χ0v) is 13.7. The second kappa shape index (κ2) is 6.75. The molecule has 0 atom stereocenters. The summed E-state index contributed by atoms with van der Waals surface area (Å²) in [4.78, 5) is 23.4. The molecule has 1 aromatic heterocycles. The molecule has 3 aromatic rings. The Morgan fingerprint density at radius 2 is 1.77 bits per heavy atom. The van der Waals surface area contributed by atoms with Gasteiger partial charge < -0.3 is 11.1 Å². The summed E-state index contributed by atoms with van der Waals surface area (Å²) in [5.74, 6) is -2.32. The van der Waals surface area contributed by atoms with Crippen molar-refractivity contribution in [3.8, 4) is 11.3 Å². The molecular formula is C18H14F2N4O2. The highest BCUT2D eigenvalue weighted by Gasteiger charge is 2.17. The lowest BCUT2D eigenvalue weighted by Crippen LogP contribution is -2.14. The molecule has 0 saturated carbocycles. The second-order valence-corrected chi connectivity index (χ2v) is 5.56. The number of hydrogen-bond donors (Lipinski definition) is 2. The number of hydrogen-bond acceptors (Lipinski definition) is 3. The third kappa shape index (κ3) is 3.44. The van der Waals surface area contributed by atoms with Crippen LogP contribution in [0.4, 0.5) is 14.5 Å². The fourth-order valence-corrected chi connectivity index (χ4v) is 2.44. The number of nitrogens with two attached hydrogens (primary N) is 1. The first-order chi connectivity index (χ1) is 12.3. The Balaban J connectivity index is 1.85. The topological polar surface area (TPSA) is 90.0 Å². The summed E-state index contributed by atoms with van der Waals surface area (Å²) in [5, 5.41) is 6.65. The van der Waals surface area contributed by atoms with E-state index in [9.17, 15) is 18.4 Å². The number of benzene rings is 2. The first kappa shape index (κ1) is 17.3. The van der Waals surface area contributed by atoms with Gasteiger partial charge in [-0.25, -0.2) is 8.78 Å². The SMILES string of the molecule is Cn1nc(C(=O)Nc2ccc(C(N)=O)cc2)cc1-c1cc(F)ccc1F. The van der Waals surface area contributed by atoms with Gasteiger partial charge in [-0.1, -0.05) is 0 Å². The monoisotopic (exact) mass is 356 g/mol. The number of nitrogens with one attached hydrogen (secondary N) is 1. The van der Waals surface area contributed by atoms with Gasteiger partial charge in [-0.3, -0.25) is 14.3 Å². The number of carbonyl (C=O) groups excluding carboxylic acids is 2. The molecule has 3 rings (SSSR count). The first-order valence-electron chi connectivity index (χ1n) is 7.56. The molecule has 0 spiro atoms. The van der Waals surface area contributed by atoms with Crippen LogP contribution >= 0.6 is 0 Å². The van der Waals surface area contributed by atoms with Crippen LogP contribution in [0, 0.1) is 11.6 Å². The summed E-state index contributed by atoms with van der Waals surface area (Å²) >= 11 is 0. The number of rotatable bonds is 4. The van der Waals surface area contributed by atoms with Gasteiger partial charge in [0.1, 0.15) is 11.6 Å². The second-order valence-electron chi connectivity index (χ2n) is 5.56. The van der Waals surface area contributed by atoms with Gasteiger partial charge >= 0.3 is 0 Å². The van der Waals surface area contributed by atoms with Crippen molar-refractivity contribution in [1.82, 2.24) is 9.78 Å². The molecule has 0 saturated heterocycles. The number of anilines is 1. The van der Waals surface area contributed by atoms with Crippen molar-refractivity contribution in [3.63, 3.8) is 0 Å². The highest BCUT2D eigenvalue weighted by atomic mass is 19.1. The molecule has 0 aliphatic rings. The molecule has 26 heavy (non-hydrogen) atoms. The summed E-state index contributed by atoms with van der Waals surface area (Å²) in [6.45, 7) is 0. The minimum atomic E-state index is -0.622. The molecule has 3 N–H and O–H groups in total. The van der Waals surface area contributed by atoms with Gasteiger partial charge in [0, 0.05) is 23.9 Å². The highest BCUT2D eigenvalue weighted by molar-refractivity contribution is 6.03. The first-order valence-corrected chi connectivity index (χ1v) is 7.56. The summed E-state index contributed by atoms with van der Waals surface area (Å²) in [5.41, 5.74) is 6.20. The fraction of sp³-hybridized carbons (Fsp3) is 0.0556. The van der Waals surface area contributed by atoms with Crippen molar-refractivity contribution in [2.75, 3.05) is 5.32 Å². The number of halogens is 2. The van der Waals surface area contributed by atoms with Crippen LogP contribution in [0.5, 0.6) is 0 Å². The predicted octanol–water partition coefficient (Wildman–Crippen LogP) is 2.72. The normalized spacial score (nSPS) is 10.6. The van der Waals surface area contributed by atoms with E-state index in [4.69, 9.17) is 5.73 Å². The summed E-state index contributed by atoms with van der Waals surface area (Å²) in [6.07, 6.45) is 0. The van der Waals surface area contributed by atoms with Crippen molar-refractivity contribution in [1.29, 1.82) is 0 Å². The van der Waals surface area contributed by atoms with Gasteiger partial charge in [-0.15, -0.1) is 0 Å². The van der Waals surface area contributed by atoms with E-state index in [2.05, 4.69) is 10.4 Å². The van der Waals surface area contributed by atoms with Gasteiger partial charge in [0.25, 0.3) is 5.91 Å². The van der Waals surface area contributed by atoms with Crippen LogP contribution in [0.2, 0.25) is 0 Å². The van der Waals surface area contributed by atoms with E-state index in [1.54, 1.807) is 0 Å². The Kier molecular flexibility index (Phi) is 4.49. The average molecular weight is 356 g/mol. The van der Waals surface area contributed by atoms with Crippen molar-refractivity contribution in [2.45, 2.75) is 0 Å². The van der Waals surface area contributed by atoms with Crippen LogP contribution < -0.4 is 11.1 Å². The maximum Gasteiger partial charge on any atom is 0.276 e. The van der Waals surface area contributed by atoms with Gasteiger partial charge in [-0.2, -0.15) is 5.10 Å². The molecule has 8 heteroatoms. The molecule has 0 aliphatic carbocycles. The van der Waals surface area contributed by atoms with Crippen molar-refractivity contribution in [3.05, 3.63) is 71.4 Å². The molecule has 0 radical (unpaired) electrons. The molecule has 2 aromatic carbocycles. The van der Waals surface area contributed by atoms with Crippen LogP contribution in [0.1, 0.15) is 20.8 Å². The van der Waals surface area contributed by atoms with E-state index >= 15 is 0 Å². The molecule has 0 unspecified atom stereocenters. The maximum atomic E-state index is 13.9. The van der Waals surface area contributed by atoms with Crippen molar-refractivity contribution in [2.24, 2.45) is 12.8 Å². The Hall–Kier alpha value is -3.55. The lowest BCUT2D eigenvalue weighted by molar-refractivity contribution is 0.0997. The number of nitrogens with zero attached hydrogens (tertiary/aromatic N) is 2. The van der Waals surface area contributed by atoms with Crippen LogP contribution in [-0.2, 0) is 7.05 Å². The number of carbonyl (C=O) groups is 2. The van der Waals surface area contributed by atoms with Crippen molar-refractivity contribution >= 4 is 17.5 Å². The van der Waals surface area contributed by atoms with Crippen LogP contribution in [-0.4, -0.2) is 21.6 Å². The van der Waals surface area contributed by atoms with E-state index in [1.165, 1.54) is 42.1 Å². The maximum absolute atomic E-state index is 13.9. The van der Waals surface area contributed by atoms with Gasteiger partial charge in [0.05, 0.1) is 5.69 Å². The molecular weight excluding hydrogens is 342 g/mol. The molecule has 1 heterocycles. The summed E-state index contributed by atoms with van der Waals surface area (Å²) < 4.78 is 28.6. The largest absolute Gasteiger partial charge is 0.366 e. The zero-order chi connectivity index (χ0) is 18.8. The van der Waals surface area contributed by atoms with Crippen LogP contribution in [0.25, 0.3) is 11.3 Å². The average Bonchev–Trinajstić information content (AvgIpc) is 2.99. The smallest absolute Gasteiger partial charge is 0.276 e. The van der Waals surface area contributed by atoms with Crippen LogP contribution in [0.15, 0.2) is 48.5 Å². The van der Waals surface area contributed by atoms with Gasteiger partial charge in [0.2, 0.25) is 5.91 Å². The van der Waals surface area contributed by atoms with E-state index in [0.29, 0.717) is 11.3 Å². The fourth-order valence-electron chi connectivity index (χ4n) is 2.44. The standard InChI is InChI=1S/C18H14F2N4O2/c1-24-16(13-8-11(19)4-7-14(13)20)9-15(23-24)18(26)22-12-5-2-10(3-6-12)17(21)25/h2-9H,1H3,(H2,21,25)(H,22,26). The van der Waals surface area contributed by atoms with Crippen molar-refractivity contribution < 1.29 is 18.4 Å². The Labute approximate surface area is 147 Å². The molecule has 2 amide bonds. The zero-order valence-electron chi connectivity index (χ0n) is 13.7. The van der Waals surface area contributed by atoms with E-state index < -0.39 is 23.4 Å². The Bertz CT molecular complexity index is 997. The minimum absolute atomic E-state index is 0.00450. The summed E-state index contributed by atoms with van der Waals surface area (Å²) in [7, 11) is 1.53. The Morgan fingerprint density at radius 1 is 1.08 bits per heavy atom. The molecule has 132 valence electrons. The quantitative estimate of drug-likeness (QED) is 0.753. The van der Waals surface area contributed by atoms with E-state index in [0.717, 1.165) is 18.2 Å². The minimum Gasteiger partial charge on any atom is -0.366 e. The van der Waals surface area contributed by atoms with Crippen LogP contribution in [0.3, 0.4) is 0 Å². The lowest BCUT2D eigenvalue weighted by atomic mass is 10.1. The Morgan fingerprint density at radius 3 is 2.42 bits per heavy atom.